The van der Waals surface area contributed by atoms with Crippen LogP contribution < -0.4 is 0 Å². The topological polar surface area (TPSA) is 20.2 Å². The average Bonchev–Trinajstić information content (AvgIpc) is 2.33. The Kier molecular flexibility index (Phi) is 6.13. The van der Waals surface area contributed by atoms with Crippen LogP contribution in [0.2, 0.25) is 0 Å². The Balaban J connectivity index is 5.85. The highest BCUT2D eigenvalue weighted by Gasteiger charge is 2.81. The van der Waals surface area contributed by atoms with Crippen molar-refractivity contribution in [3.05, 3.63) is 0 Å². The van der Waals surface area contributed by atoms with Gasteiger partial charge in [-0.15, -0.1) is 0 Å². The van der Waals surface area contributed by atoms with Crippen molar-refractivity contribution in [3.8, 4) is 0 Å². The summed E-state index contributed by atoms with van der Waals surface area (Å²) >= 11 is 0. The Morgan fingerprint density at radius 1 is 0.773 bits per heavy atom. The monoisotopic (exact) mass is 356 g/mol. The van der Waals surface area contributed by atoms with Crippen LogP contribution in [0.3, 0.4) is 0 Å². The Bertz CT molecular complexity index is 363. The summed E-state index contributed by atoms with van der Waals surface area (Å²) in [6, 6.07) is 0. The number of aliphatic hydroxyl groups is 1. The molecule has 0 bridgehead atoms. The van der Waals surface area contributed by atoms with E-state index in [2.05, 4.69) is 0 Å². The minimum atomic E-state index is -6.79. The van der Waals surface area contributed by atoms with Crippen LogP contribution in [-0.2, 0) is 0 Å². The molecule has 134 valence electrons. The van der Waals surface area contributed by atoms with Crippen molar-refractivity contribution in [1.82, 2.24) is 0 Å². The van der Waals surface area contributed by atoms with E-state index in [1.165, 1.54) is 0 Å². The van der Waals surface area contributed by atoms with Crippen LogP contribution in [0, 0.1) is 0 Å². The van der Waals surface area contributed by atoms with Gasteiger partial charge in [0.2, 0.25) is 0 Å². The fraction of sp³-hybridized carbons (Fsp3) is 1.00. The lowest BCUT2D eigenvalue weighted by atomic mass is 9.82. The Labute approximate surface area is 117 Å². The minimum absolute atomic E-state index is 0.949. The standard InChI is InChI=1S/C10H11F11O/c11-3-1-2-6(13,5-12)4-7(14,9(17,18)19)8(15,16)10(20,21)22/h22H,1-5H2. The van der Waals surface area contributed by atoms with E-state index in [0.29, 0.717) is 0 Å². The molecule has 0 heterocycles. The molecule has 0 fully saturated rings. The fourth-order valence-corrected chi connectivity index (χ4v) is 1.65. The quantitative estimate of drug-likeness (QED) is 0.643. The summed E-state index contributed by atoms with van der Waals surface area (Å²) in [5.74, 6) is -6.79. The third-order valence-electron chi connectivity index (χ3n) is 2.88. The van der Waals surface area contributed by atoms with Gasteiger partial charge in [-0.25, -0.2) is 13.2 Å². The van der Waals surface area contributed by atoms with Gasteiger partial charge in [-0.05, 0) is 12.8 Å². The van der Waals surface area contributed by atoms with E-state index < -0.39 is 62.2 Å². The van der Waals surface area contributed by atoms with Gasteiger partial charge in [0.1, 0.15) is 12.3 Å². The molecule has 0 aromatic heterocycles. The molecule has 22 heavy (non-hydrogen) atoms. The second-order valence-corrected chi connectivity index (χ2v) is 4.67. The van der Waals surface area contributed by atoms with Crippen molar-refractivity contribution >= 4 is 0 Å². The molecule has 0 saturated carbocycles. The number of rotatable bonds is 8. The second kappa shape index (κ2) is 6.36. The Hall–Kier alpha value is -0.810. The first-order valence-electron chi connectivity index (χ1n) is 5.62. The van der Waals surface area contributed by atoms with E-state index in [4.69, 9.17) is 5.11 Å². The molecule has 2 atom stereocenters. The van der Waals surface area contributed by atoms with E-state index >= 15 is 0 Å². The molecule has 0 saturated heterocycles. The van der Waals surface area contributed by atoms with Crippen molar-refractivity contribution in [3.63, 3.8) is 0 Å². The molecule has 0 spiro atoms. The molecule has 0 aliphatic carbocycles. The molecule has 1 N–H and O–H groups in total. The lowest BCUT2D eigenvalue weighted by Gasteiger charge is -2.39. The predicted octanol–water partition coefficient (Wildman–Crippen LogP) is 4.30. The summed E-state index contributed by atoms with van der Waals surface area (Å²) in [5, 5.41) is 7.79. The molecule has 0 aliphatic heterocycles. The van der Waals surface area contributed by atoms with Gasteiger partial charge in [0.05, 0.1) is 6.67 Å². The molecule has 0 aromatic rings. The first-order valence-corrected chi connectivity index (χ1v) is 5.62. The second-order valence-electron chi connectivity index (χ2n) is 4.67. The summed E-state index contributed by atoms with van der Waals surface area (Å²) < 4.78 is 140. The molecule has 1 nitrogen and oxygen atoms in total. The molecular formula is C10H11F11O. The fourth-order valence-electron chi connectivity index (χ4n) is 1.65. The third kappa shape index (κ3) is 3.93. The summed E-state index contributed by atoms with van der Waals surface area (Å²) in [6.07, 6.45) is -18.7. The highest BCUT2D eigenvalue weighted by Crippen LogP contribution is 2.55. The van der Waals surface area contributed by atoms with Crippen molar-refractivity contribution in [2.75, 3.05) is 13.3 Å². The van der Waals surface area contributed by atoms with Crippen molar-refractivity contribution in [2.24, 2.45) is 0 Å². The maximum atomic E-state index is 13.7. The number of hydrogen-bond donors (Lipinski definition) is 1. The first-order chi connectivity index (χ1) is 9.58. The maximum absolute atomic E-state index is 13.7. The van der Waals surface area contributed by atoms with Crippen molar-refractivity contribution in [1.29, 1.82) is 0 Å². The maximum Gasteiger partial charge on any atom is 0.429 e. The molecule has 0 amide bonds. The van der Waals surface area contributed by atoms with Crippen LogP contribution in [0.5, 0.6) is 0 Å². The van der Waals surface area contributed by atoms with E-state index in [0.717, 1.165) is 0 Å². The molecule has 0 radical (unpaired) electrons. The molecule has 0 aromatic carbocycles. The van der Waals surface area contributed by atoms with Gasteiger partial charge >= 0.3 is 18.2 Å². The van der Waals surface area contributed by atoms with E-state index in [9.17, 15) is 48.3 Å². The normalized spacial score (nSPS) is 19.6. The summed E-state index contributed by atoms with van der Waals surface area (Å²) in [4.78, 5) is 0. The first kappa shape index (κ1) is 21.2. The van der Waals surface area contributed by atoms with E-state index in [-0.39, 0.29) is 0 Å². The Morgan fingerprint density at radius 2 is 1.23 bits per heavy atom. The van der Waals surface area contributed by atoms with Crippen LogP contribution in [0.15, 0.2) is 0 Å². The van der Waals surface area contributed by atoms with Crippen LogP contribution in [0.4, 0.5) is 48.3 Å². The van der Waals surface area contributed by atoms with Crippen LogP contribution >= 0.6 is 0 Å². The molecule has 0 aliphatic rings. The van der Waals surface area contributed by atoms with Gasteiger partial charge in [-0.2, -0.15) is 30.7 Å². The summed E-state index contributed by atoms with van der Waals surface area (Å²) in [5.41, 5.74) is -10.2. The highest BCUT2D eigenvalue weighted by molar-refractivity contribution is 5.07. The molecule has 2 unspecified atom stereocenters. The van der Waals surface area contributed by atoms with Gasteiger partial charge < -0.3 is 5.11 Å². The zero-order chi connectivity index (χ0) is 18.0. The summed E-state index contributed by atoms with van der Waals surface area (Å²) in [7, 11) is 0. The van der Waals surface area contributed by atoms with Crippen LogP contribution in [-0.4, -0.2) is 48.0 Å². The lowest BCUT2D eigenvalue weighted by molar-refractivity contribution is -0.409. The van der Waals surface area contributed by atoms with Crippen molar-refractivity contribution in [2.45, 2.75) is 48.8 Å². The zero-order valence-corrected chi connectivity index (χ0v) is 10.6. The average molecular weight is 356 g/mol. The highest BCUT2D eigenvalue weighted by atomic mass is 19.4. The number of alkyl halides is 11. The van der Waals surface area contributed by atoms with E-state index in [1.54, 1.807) is 0 Å². The predicted molar refractivity (Wildman–Crippen MR) is 51.6 cm³/mol. The van der Waals surface area contributed by atoms with E-state index in [1.807, 2.05) is 0 Å². The number of hydrogen-bond acceptors (Lipinski definition) is 1. The molecular weight excluding hydrogens is 345 g/mol. The summed E-state index contributed by atoms with van der Waals surface area (Å²) in [6.45, 7) is -3.83. The van der Waals surface area contributed by atoms with Gasteiger partial charge in [0.15, 0.2) is 0 Å². The number of halogens is 11. The van der Waals surface area contributed by atoms with Crippen molar-refractivity contribution < 1.29 is 53.4 Å². The van der Waals surface area contributed by atoms with Crippen LogP contribution in [0.1, 0.15) is 19.3 Å². The SMILES string of the molecule is OC(F)(F)C(F)(F)C(F)(CC(F)(CF)CCCF)C(F)(F)F. The Morgan fingerprint density at radius 3 is 1.50 bits per heavy atom. The molecule has 12 heteroatoms. The van der Waals surface area contributed by atoms with Gasteiger partial charge in [0.25, 0.3) is 5.67 Å². The largest absolute Gasteiger partial charge is 0.429 e. The minimum Gasteiger partial charge on any atom is -0.331 e. The van der Waals surface area contributed by atoms with Gasteiger partial charge in [-0.1, -0.05) is 0 Å². The molecule has 0 rings (SSSR count). The third-order valence-corrected chi connectivity index (χ3v) is 2.88. The lowest BCUT2D eigenvalue weighted by Crippen LogP contribution is -2.65. The van der Waals surface area contributed by atoms with Gasteiger partial charge in [-0.3, -0.25) is 4.39 Å². The zero-order valence-electron chi connectivity index (χ0n) is 10.6. The van der Waals surface area contributed by atoms with Gasteiger partial charge in [0, 0.05) is 6.42 Å². The smallest absolute Gasteiger partial charge is 0.331 e. The van der Waals surface area contributed by atoms with Crippen LogP contribution in [0.25, 0.3) is 0 Å².